The lowest BCUT2D eigenvalue weighted by Gasteiger charge is -2.24. The van der Waals surface area contributed by atoms with Crippen LogP contribution in [-0.4, -0.2) is 32.9 Å². The summed E-state index contributed by atoms with van der Waals surface area (Å²) in [6.45, 7) is 0.664. The first-order chi connectivity index (χ1) is 12.5. The van der Waals surface area contributed by atoms with Crippen molar-refractivity contribution in [2.75, 3.05) is 7.11 Å². The Morgan fingerprint density at radius 2 is 2.00 bits per heavy atom. The molecule has 140 valence electrons. The molecule has 1 aromatic carbocycles. The van der Waals surface area contributed by atoms with Gasteiger partial charge in [-0.3, -0.25) is 0 Å². The predicted molar refractivity (Wildman–Crippen MR) is 93.7 cm³/mol. The van der Waals surface area contributed by atoms with Crippen LogP contribution in [0.15, 0.2) is 36.8 Å². The van der Waals surface area contributed by atoms with Crippen molar-refractivity contribution < 1.29 is 19.8 Å². The van der Waals surface area contributed by atoms with Gasteiger partial charge in [0.1, 0.15) is 5.69 Å². The Morgan fingerprint density at radius 3 is 2.65 bits per heavy atom. The van der Waals surface area contributed by atoms with Crippen LogP contribution in [0.5, 0.6) is 0 Å². The molecule has 1 N–H and O–H groups in total. The van der Waals surface area contributed by atoms with E-state index in [1.807, 2.05) is 4.57 Å². The summed E-state index contributed by atoms with van der Waals surface area (Å²) in [6.07, 6.45) is 9.79. The first kappa shape index (κ1) is 19.4. The minimum Gasteiger partial charge on any atom is -0.464 e. The van der Waals surface area contributed by atoms with E-state index in [4.69, 9.17) is 20.1 Å². The second-order valence-corrected chi connectivity index (χ2v) is 6.17. The quantitative estimate of drug-likeness (QED) is 0.508. The van der Waals surface area contributed by atoms with E-state index >= 15 is 0 Å². The average Bonchev–Trinajstić information content (AvgIpc) is 3.10. The molecule has 1 heterocycles. The van der Waals surface area contributed by atoms with E-state index < -0.39 is 5.09 Å². The lowest BCUT2D eigenvalue weighted by atomic mass is 9.82. The second-order valence-electron chi connectivity index (χ2n) is 6.17. The lowest BCUT2D eigenvalue weighted by Crippen LogP contribution is -2.13. The van der Waals surface area contributed by atoms with E-state index in [1.54, 1.807) is 12.5 Å². The lowest BCUT2D eigenvalue weighted by molar-refractivity contribution is -0.742. The van der Waals surface area contributed by atoms with Crippen molar-refractivity contribution in [2.45, 2.75) is 44.6 Å². The zero-order chi connectivity index (χ0) is 18.9. The zero-order valence-corrected chi connectivity index (χ0v) is 14.7. The molecular weight excluding hydrogens is 338 g/mol. The Morgan fingerprint density at radius 1 is 1.35 bits per heavy atom. The number of esters is 1. The Hall–Kier alpha value is -2.90. The van der Waals surface area contributed by atoms with Crippen molar-refractivity contribution in [3.63, 3.8) is 0 Å². The molecule has 0 aliphatic heterocycles. The average molecular weight is 361 g/mol. The maximum atomic E-state index is 11.8. The molecule has 2 aromatic rings. The highest BCUT2D eigenvalue weighted by Gasteiger charge is 2.19. The highest BCUT2D eigenvalue weighted by molar-refractivity contribution is 5.87. The molecule has 0 amide bonds. The number of ether oxygens (including phenoxy) is 1. The fraction of sp³-hybridized carbons (Fsp3) is 0.444. The summed E-state index contributed by atoms with van der Waals surface area (Å²) in [5.74, 6) is 0.308. The van der Waals surface area contributed by atoms with Crippen molar-refractivity contribution in [3.05, 3.63) is 63.7 Å². The van der Waals surface area contributed by atoms with Crippen LogP contribution in [-0.2, 0) is 11.3 Å². The Kier molecular flexibility index (Phi) is 7.13. The Labute approximate surface area is 151 Å². The van der Waals surface area contributed by atoms with Crippen LogP contribution < -0.4 is 0 Å². The maximum Gasteiger partial charge on any atom is 0.356 e. The minimum absolute atomic E-state index is 0.340. The van der Waals surface area contributed by atoms with Gasteiger partial charge in [0.15, 0.2) is 0 Å². The van der Waals surface area contributed by atoms with Crippen molar-refractivity contribution in [1.82, 2.24) is 9.55 Å². The molecule has 3 rings (SSSR count). The van der Waals surface area contributed by atoms with E-state index in [0.29, 0.717) is 18.2 Å². The molecule has 0 atom stereocenters. The molecule has 1 fully saturated rings. The number of aromatic nitrogens is 2. The third-order valence-corrected chi connectivity index (χ3v) is 4.55. The summed E-state index contributed by atoms with van der Waals surface area (Å²) in [4.78, 5) is 24.2. The van der Waals surface area contributed by atoms with Gasteiger partial charge in [0, 0.05) is 6.54 Å². The van der Waals surface area contributed by atoms with E-state index in [2.05, 4.69) is 29.2 Å². The molecule has 0 radical (unpaired) electrons. The van der Waals surface area contributed by atoms with Gasteiger partial charge in [0.05, 0.1) is 19.6 Å². The summed E-state index contributed by atoms with van der Waals surface area (Å²) >= 11 is 0. The molecule has 0 saturated heterocycles. The molecular formula is C18H23N3O5. The van der Waals surface area contributed by atoms with Crippen molar-refractivity contribution in [1.29, 1.82) is 0 Å². The number of methoxy groups -OCH3 is 1. The summed E-state index contributed by atoms with van der Waals surface area (Å²) in [6, 6.07) is 8.57. The number of hydrogen-bond donors (Lipinski definition) is 1. The molecule has 26 heavy (non-hydrogen) atoms. The SMILES string of the molecule is COC(=O)c1cncn1Cc1ccccc1C1CCCCC1.O=[N+]([O-])O. The van der Waals surface area contributed by atoms with Gasteiger partial charge in [-0.1, -0.05) is 43.5 Å². The molecule has 0 spiro atoms. The van der Waals surface area contributed by atoms with Crippen molar-refractivity contribution in [2.24, 2.45) is 0 Å². The standard InChI is InChI=1S/C18H22N2O2.HNO3/c1-22-18(21)17-11-19-13-20(17)12-15-9-5-6-10-16(15)14-7-3-2-4-8-14;2-1(3)4/h5-6,9-11,13-14H,2-4,7-8,12H2,1H3;(H,2,3,4). The first-order valence-corrected chi connectivity index (χ1v) is 8.52. The van der Waals surface area contributed by atoms with Crippen LogP contribution in [0.25, 0.3) is 0 Å². The fourth-order valence-corrected chi connectivity index (χ4v) is 3.39. The number of nitrogens with zero attached hydrogens (tertiary/aromatic N) is 3. The molecule has 1 aliphatic carbocycles. The maximum absolute atomic E-state index is 11.8. The molecule has 1 aliphatic rings. The predicted octanol–water partition coefficient (Wildman–Crippen LogP) is 3.42. The number of hydrogen-bond acceptors (Lipinski definition) is 5. The number of imidazole rings is 1. The molecule has 1 saturated carbocycles. The third kappa shape index (κ3) is 5.30. The third-order valence-electron chi connectivity index (χ3n) is 4.55. The molecule has 0 bridgehead atoms. The van der Waals surface area contributed by atoms with Crippen molar-refractivity contribution in [3.8, 4) is 0 Å². The van der Waals surface area contributed by atoms with Gasteiger partial charge in [-0.25, -0.2) is 9.78 Å². The van der Waals surface area contributed by atoms with Crippen LogP contribution in [0.3, 0.4) is 0 Å². The summed E-state index contributed by atoms with van der Waals surface area (Å²) in [5, 5.41) is 13.6. The van der Waals surface area contributed by atoms with Gasteiger partial charge in [0.25, 0.3) is 5.09 Å². The number of carbonyl (C=O) groups excluding carboxylic acids is 1. The van der Waals surface area contributed by atoms with E-state index in [9.17, 15) is 4.79 Å². The van der Waals surface area contributed by atoms with Crippen LogP contribution >= 0.6 is 0 Å². The highest BCUT2D eigenvalue weighted by Crippen LogP contribution is 2.34. The van der Waals surface area contributed by atoms with E-state index in [0.717, 1.165) is 0 Å². The van der Waals surface area contributed by atoms with Gasteiger partial charge in [-0.05, 0) is 29.9 Å². The Balaban J connectivity index is 0.000000552. The molecule has 8 heteroatoms. The smallest absolute Gasteiger partial charge is 0.356 e. The van der Waals surface area contributed by atoms with Gasteiger partial charge in [0.2, 0.25) is 0 Å². The summed E-state index contributed by atoms with van der Waals surface area (Å²) in [7, 11) is 1.40. The molecule has 0 unspecified atom stereocenters. The molecule has 8 nitrogen and oxygen atoms in total. The summed E-state index contributed by atoms with van der Waals surface area (Å²) in [5.41, 5.74) is 3.20. The largest absolute Gasteiger partial charge is 0.464 e. The highest BCUT2D eigenvalue weighted by atomic mass is 16.9. The number of carbonyl (C=O) groups is 1. The normalized spacial score (nSPS) is 14.2. The fourth-order valence-electron chi connectivity index (χ4n) is 3.39. The molecule has 1 aromatic heterocycles. The summed E-state index contributed by atoms with van der Waals surface area (Å²) < 4.78 is 6.69. The van der Waals surface area contributed by atoms with Gasteiger partial charge in [-0.15, -0.1) is 10.1 Å². The Bertz CT molecular complexity index is 734. The van der Waals surface area contributed by atoms with Gasteiger partial charge >= 0.3 is 5.97 Å². The monoisotopic (exact) mass is 361 g/mol. The van der Waals surface area contributed by atoms with E-state index in [-0.39, 0.29) is 5.97 Å². The van der Waals surface area contributed by atoms with Crippen LogP contribution in [0.4, 0.5) is 0 Å². The van der Waals surface area contributed by atoms with Crippen molar-refractivity contribution >= 4 is 5.97 Å². The number of benzene rings is 1. The number of rotatable bonds is 4. The second kappa shape index (κ2) is 9.55. The zero-order valence-electron chi connectivity index (χ0n) is 14.7. The van der Waals surface area contributed by atoms with Crippen LogP contribution in [0, 0.1) is 10.1 Å². The van der Waals surface area contributed by atoms with Crippen LogP contribution in [0.2, 0.25) is 0 Å². The van der Waals surface area contributed by atoms with Gasteiger partial charge in [-0.2, -0.15) is 0 Å². The topological polar surface area (TPSA) is 107 Å². The van der Waals surface area contributed by atoms with Crippen LogP contribution in [0.1, 0.15) is 59.6 Å². The van der Waals surface area contributed by atoms with E-state index in [1.165, 1.54) is 50.3 Å². The minimum atomic E-state index is -1.50. The first-order valence-electron chi connectivity index (χ1n) is 8.52. The van der Waals surface area contributed by atoms with Gasteiger partial charge < -0.3 is 14.5 Å².